The number of hydrogen-bond donors (Lipinski definition) is 1. The molecule has 0 aliphatic rings. The van der Waals surface area contributed by atoms with E-state index in [1.54, 1.807) is 12.0 Å². The van der Waals surface area contributed by atoms with Crippen molar-refractivity contribution in [2.24, 2.45) is 0 Å². The van der Waals surface area contributed by atoms with Crippen LogP contribution >= 0.6 is 0 Å². The Labute approximate surface area is 183 Å². The lowest BCUT2D eigenvalue weighted by atomic mass is 10.1. The highest BCUT2D eigenvalue weighted by Gasteiger charge is 2.18. The van der Waals surface area contributed by atoms with E-state index in [0.717, 1.165) is 16.8 Å². The molecule has 5 heteroatoms. The van der Waals surface area contributed by atoms with E-state index in [9.17, 15) is 9.59 Å². The predicted octanol–water partition coefficient (Wildman–Crippen LogP) is 4.15. The Kier molecular flexibility index (Phi) is 7.96. The number of methoxy groups -OCH3 is 1. The van der Waals surface area contributed by atoms with E-state index < -0.39 is 0 Å². The molecular weight excluding hydrogens is 388 g/mol. The Bertz CT molecular complexity index is 983. The number of hydrogen-bond acceptors (Lipinski definition) is 3. The summed E-state index contributed by atoms with van der Waals surface area (Å²) in [5, 5.41) is 2.82. The van der Waals surface area contributed by atoms with Crippen LogP contribution in [0.4, 0.5) is 5.69 Å². The molecule has 0 aliphatic heterocycles. The van der Waals surface area contributed by atoms with Crippen molar-refractivity contribution in [1.82, 2.24) is 5.32 Å². The van der Waals surface area contributed by atoms with E-state index in [-0.39, 0.29) is 18.2 Å². The van der Waals surface area contributed by atoms with Gasteiger partial charge in [-0.25, -0.2) is 0 Å². The number of amides is 2. The van der Waals surface area contributed by atoms with Crippen molar-refractivity contribution < 1.29 is 14.3 Å². The Morgan fingerprint density at radius 3 is 2.16 bits per heavy atom. The van der Waals surface area contributed by atoms with Gasteiger partial charge in [-0.3, -0.25) is 9.59 Å². The van der Waals surface area contributed by atoms with Crippen LogP contribution in [0.15, 0.2) is 78.9 Å². The van der Waals surface area contributed by atoms with Gasteiger partial charge in [-0.2, -0.15) is 0 Å². The number of carbonyl (C=O) groups is 2. The molecule has 5 nitrogen and oxygen atoms in total. The van der Waals surface area contributed by atoms with Gasteiger partial charge in [0.1, 0.15) is 0 Å². The van der Waals surface area contributed by atoms with Gasteiger partial charge < -0.3 is 15.0 Å². The van der Waals surface area contributed by atoms with Crippen molar-refractivity contribution >= 4 is 17.5 Å². The molecular formula is C26H28N2O3. The zero-order valence-corrected chi connectivity index (χ0v) is 18.0. The number of ether oxygens (including phenoxy) is 1. The highest BCUT2D eigenvalue weighted by molar-refractivity contribution is 6.06. The third kappa shape index (κ3) is 6.52. The van der Waals surface area contributed by atoms with E-state index in [4.69, 9.17) is 4.74 Å². The summed E-state index contributed by atoms with van der Waals surface area (Å²) in [4.78, 5) is 27.1. The molecule has 0 saturated carbocycles. The molecule has 0 radical (unpaired) electrons. The standard InChI is InChI=1S/C26H28N2O3/c1-20-8-10-22(11-9-20)19-28(26(30)23-6-4-3-5-7-23)24-14-12-21(13-15-24)18-25(29)27-16-17-31-2/h3-15H,16-19H2,1-2H3,(H,27,29). The van der Waals surface area contributed by atoms with Crippen LogP contribution in [0.2, 0.25) is 0 Å². The molecule has 0 saturated heterocycles. The third-order valence-corrected chi connectivity index (χ3v) is 4.97. The number of nitrogens with zero attached hydrogens (tertiary/aromatic N) is 1. The Morgan fingerprint density at radius 1 is 0.871 bits per heavy atom. The van der Waals surface area contributed by atoms with Gasteiger partial charge in [-0.15, -0.1) is 0 Å². The fourth-order valence-electron chi connectivity index (χ4n) is 3.23. The molecule has 0 spiro atoms. The van der Waals surface area contributed by atoms with Gasteiger partial charge in [0, 0.05) is 24.9 Å². The average molecular weight is 417 g/mol. The predicted molar refractivity (Wildman–Crippen MR) is 123 cm³/mol. The van der Waals surface area contributed by atoms with E-state index >= 15 is 0 Å². The van der Waals surface area contributed by atoms with Crippen LogP contribution in [0.3, 0.4) is 0 Å². The quantitative estimate of drug-likeness (QED) is 0.533. The normalized spacial score (nSPS) is 10.5. The molecule has 0 aliphatic carbocycles. The zero-order valence-electron chi connectivity index (χ0n) is 18.0. The van der Waals surface area contributed by atoms with Crippen molar-refractivity contribution in [2.45, 2.75) is 19.9 Å². The Morgan fingerprint density at radius 2 is 1.52 bits per heavy atom. The van der Waals surface area contributed by atoms with Crippen LogP contribution < -0.4 is 10.2 Å². The first-order valence-corrected chi connectivity index (χ1v) is 10.3. The van der Waals surface area contributed by atoms with Crippen molar-refractivity contribution in [3.63, 3.8) is 0 Å². The van der Waals surface area contributed by atoms with Crippen molar-refractivity contribution in [3.8, 4) is 0 Å². The van der Waals surface area contributed by atoms with E-state index in [1.165, 1.54) is 5.56 Å². The molecule has 3 aromatic rings. The van der Waals surface area contributed by atoms with Gasteiger partial charge >= 0.3 is 0 Å². The number of aryl methyl sites for hydroxylation is 1. The smallest absolute Gasteiger partial charge is 0.258 e. The summed E-state index contributed by atoms with van der Waals surface area (Å²) in [6.45, 7) is 3.48. The molecule has 2 amide bonds. The number of rotatable bonds is 9. The van der Waals surface area contributed by atoms with Crippen molar-refractivity contribution in [3.05, 3.63) is 101 Å². The lowest BCUT2D eigenvalue weighted by molar-refractivity contribution is -0.120. The van der Waals surface area contributed by atoms with Crippen LogP contribution in [-0.4, -0.2) is 32.1 Å². The molecule has 0 unspecified atom stereocenters. The summed E-state index contributed by atoms with van der Waals surface area (Å²) in [6.07, 6.45) is 0.286. The lowest BCUT2D eigenvalue weighted by Gasteiger charge is -2.23. The van der Waals surface area contributed by atoms with Crippen LogP contribution in [0.1, 0.15) is 27.0 Å². The summed E-state index contributed by atoms with van der Waals surface area (Å²) in [6, 6.07) is 25.0. The van der Waals surface area contributed by atoms with E-state index in [1.807, 2.05) is 85.8 Å². The third-order valence-electron chi connectivity index (χ3n) is 4.97. The molecule has 160 valence electrons. The first-order chi connectivity index (χ1) is 15.1. The molecule has 0 aromatic heterocycles. The van der Waals surface area contributed by atoms with Gasteiger partial charge in [0.25, 0.3) is 5.91 Å². The molecule has 3 rings (SSSR count). The number of nitrogens with one attached hydrogen (secondary N) is 1. The van der Waals surface area contributed by atoms with E-state index in [0.29, 0.717) is 25.3 Å². The Balaban J connectivity index is 1.79. The van der Waals surface area contributed by atoms with Crippen molar-refractivity contribution in [2.75, 3.05) is 25.2 Å². The maximum Gasteiger partial charge on any atom is 0.258 e. The maximum atomic E-state index is 13.3. The van der Waals surface area contributed by atoms with Crippen LogP contribution in [0.25, 0.3) is 0 Å². The molecule has 0 heterocycles. The average Bonchev–Trinajstić information content (AvgIpc) is 2.80. The largest absolute Gasteiger partial charge is 0.383 e. The van der Waals surface area contributed by atoms with Crippen LogP contribution in [0, 0.1) is 6.92 Å². The summed E-state index contributed by atoms with van der Waals surface area (Å²) in [7, 11) is 1.60. The second-order valence-corrected chi connectivity index (χ2v) is 7.43. The molecule has 0 bridgehead atoms. The molecule has 3 aromatic carbocycles. The van der Waals surface area contributed by atoms with Gasteiger partial charge in [0.05, 0.1) is 19.6 Å². The van der Waals surface area contributed by atoms with Gasteiger partial charge in [-0.05, 0) is 42.3 Å². The Hall–Kier alpha value is -3.44. The number of anilines is 1. The SMILES string of the molecule is COCCNC(=O)Cc1ccc(N(Cc2ccc(C)cc2)C(=O)c2ccccc2)cc1. The van der Waals surface area contributed by atoms with E-state index in [2.05, 4.69) is 5.32 Å². The second kappa shape index (κ2) is 11.1. The van der Waals surface area contributed by atoms with Crippen LogP contribution in [0.5, 0.6) is 0 Å². The minimum atomic E-state index is -0.0637. The van der Waals surface area contributed by atoms with Crippen molar-refractivity contribution in [1.29, 1.82) is 0 Å². The van der Waals surface area contributed by atoms with Gasteiger partial charge in [0.15, 0.2) is 0 Å². The summed E-state index contributed by atoms with van der Waals surface area (Å²) < 4.78 is 4.95. The monoisotopic (exact) mass is 416 g/mol. The van der Waals surface area contributed by atoms with Crippen LogP contribution in [-0.2, 0) is 22.5 Å². The zero-order chi connectivity index (χ0) is 22.1. The molecule has 31 heavy (non-hydrogen) atoms. The summed E-state index contributed by atoms with van der Waals surface area (Å²) in [5.41, 5.74) is 4.55. The first kappa shape index (κ1) is 22.2. The fraction of sp³-hybridized carbons (Fsp3) is 0.231. The molecule has 1 N–H and O–H groups in total. The highest BCUT2D eigenvalue weighted by atomic mass is 16.5. The first-order valence-electron chi connectivity index (χ1n) is 10.3. The topological polar surface area (TPSA) is 58.6 Å². The lowest BCUT2D eigenvalue weighted by Crippen LogP contribution is -2.30. The maximum absolute atomic E-state index is 13.3. The summed E-state index contributed by atoms with van der Waals surface area (Å²) in [5.74, 6) is -0.118. The molecule has 0 fully saturated rings. The minimum absolute atomic E-state index is 0.0540. The number of carbonyl (C=O) groups excluding carboxylic acids is 2. The fourth-order valence-corrected chi connectivity index (χ4v) is 3.23. The van der Waals surface area contributed by atoms with Gasteiger partial charge in [0.2, 0.25) is 5.91 Å². The van der Waals surface area contributed by atoms with Gasteiger partial charge in [-0.1, -0.05) is 60.2 Å². The minimum Gasteiger partial charge on any atom is -0.383 e. The second-order valence-electron chi connectivity index (χ2n) is 7.43. The number of benzene rings is 3. The summed E-state index contributed by atoms with van der Waals surface area (Å²) >= 11 is 0. The molecule has 0 atom stereocenters. The highest BCUT2D eigenvalue weighted by Crippen LogP contribution is 2.21.